The molecule has 0 aliphatic carbocycles. The third-order valence-electron chi connectivity index (χ3n) is 4.35. The molecule has 0 fully saturated rings. The average Bonchev–Trinajstić information content (AvgIpc) is 2.90. The molecule has 0 saturated heterocycles. The Morgan fingerprint density at radius 2 is 1.68 bits per heavy atom. The Hall–Kier alpha value is -2.88. The summed E-state index contributed by atoms with van der Waals surface area (Å²) in [6.07, 6.45) is 0.768. The van der Waals surface area contributed by atoms with E-state index >= 15 is 0 Å². The first-order valence-corrected chi connectivity index (χ1v) is 8.37. The summed E-state index contributed by atoms with van der Waals surface area (Å²) >= 11 is 0. The van der Waals surface area contributed by atoms with Crippen LogP contribution in [-0.2, 0) is 6.42 Å². The molecular formula is C21H22N2O2. The third-order valence-corrected chi connectivity index (χ3v) is 4.35. The Morgan fingerprint density at radius 1 is 1.00 bits per heavy atom. The van der Waals surface area contributed by atoms with Gasteiger partial charge in [0, 0.05) is 17.7 Å². The summed E-state index contributed by atoms with van der Waals surface area (Å²) in [5.41, 5.74) is 5.06. The quantitative estimate of drug-likeness (QED) is 0.705. The van der Waals surface area contributed by atoms with Crippen molar-refractivity contribution in [2.75, 3.05) is 6.61 Å². The van der Waals surface area contributed by atoms with E-state index in [4.69, 9.17) is 4.74 Å². The van der Waals surface area contributed by atoms with Crippen molar-refractivity contribution in [2.45, 2.75) is 27.2 Å². The van der Waals surface area contributed by atoms with Crippen LogP contribution in [0.4, 0.5) is 0 Å². The summed E-state index contributed by atoms with van der Waals surface area (Å²) < 4.78 is 7.13. The minimum absolute atomic E-state index is 0.0302. The molecule has 1 aromatic heterocycles. The number of hydrogen-bond acceptors (Lipinski definition) is 3. The molecule has 3 rings (SSSR count). The van der Waals surface area contributed by atoms with E-state index in [1.54, 1.807) is 0 Å². The van der Waals surface area contributed by atoms with Gasteiger partial charge in [-0.2, -0.15) is 5.10 Å². The van der Waals surface area contributed by atoms with Crippen LogP contribution in [0.5, 0.6) is 5.75 Å². The molecular weight excluding hydrogens is 312 g/mol. The van der Waals surface area contributed by atoms with E-state index in [0.717, 1.165) is 34.7 Å². The van der Waals surface area contributed by atoms with Crippen LogP contribution in [0.3, 0.4) is 0 Å². The maximum atomic E-state index is 12.5. The molecule has 3 aromatic rings. The number of hydrogen-bond donors (Lipinski definition) is 0. The molecule has 0 radical (unpaired) electrons. The SMILES string of the molecule is Cc1ccccc1OCC(=O)n1nc(C)c(Cc2ccccc2)c1C. The van der Waals surface area contributed by atoms with Gasteiger partial charge in [-0.3, -0.25) is 4.79 Å². The second kappa shape index (κ2) is 7.34. The third kappa shape index (κ3) is 3.79. The highest BCUT2D eigenvalue weighted by atomic mass is 16.5. The number of benzene rings is 2. The number of carbonyl (C=O) groups is 1. The summed E-state index contributed by atoms with van der Waals surface area (Å²) in [5.74, 6) is 0.560. The fraction of sp³-hybridized carbons (Fsp3) is 0.238. The number of rotatable bonds is 5. The standard InChI is InChI=1S/C21H22N2O2/c1-15-9-7-8-12-20(15)25-14-21(24)23-17(3)19(16(2)22-23)13-18-10-5-4-6-11-18/h4-12H,13-14H2,1-3H3. The van der Waals surface area contributed by atoms with Crippen molar-refractivity contribution < 1.29 is 9.53 Å². The number of aromatic nitrogens is 2. The van der Waals surface area contributed by atoms with Crippen LogP contribution >= 0.6 is 0 Å². The van der Waals surface area contributed by atoms with Gasteiger partial charge in [-0.25, -0.2) is 4.68 Å². The van der Waals surface area contributed by atoms with E-state index in [0.29, 0.717) is 0 Å². The molecule has 1 heterocycles. The molecule has 0 atom stereocenters. The zero-order chi connectivity index (χ0) is 17.8. The Kier molecular flexibility index (Phi) is 4.98. The predicted octanol–water partition coefficient (Wildman–Crippen LogP) is 4.12. The summed E-state index contributed by atoms with van der Waals surface area (Å²) in [6, 6.07) is 17.9. The lowest BCUT2D eigenvalue weighted by Crippen LogP contribution is -2.22. The molecule has 2 aromatic carbocycles. The Labute approximate surface area is 148 Å². The Morgan fingerprint density at radius 3 is 2.40 bits per heavy atom. The molecule has 25 heavy (non-hydrogen) atoms. The molecule has 0 bridgehead atoms. The van der Waals surface area contributed by atoms with Crippen molar-refractivity contribution in [3.05, 3.63) is 82.7 Å². The number of ether oxygens (including phenoxy) is 1. The summed E-state index contributed by atoms with van der Waals surface area (Å²) in [5, 5.41) is 4.43. The van der Waals surface area contributed by atoms with Crippen molar-refractivity contribution in [2.24, 2.45) is 0 Å². The Balaban J connectivity index is 1.75. The number of nitrogens with zero attached hydrogens (tertiary/aromatic N) is 2. The fourth-order valence-electron chi connectivity index (χ4n) is 2.89. The molecule has 4 nitrogen and oxygen atoms in total. The molecule has 0 saturated carbocycles. The van der Waals surface area contributed by atoms with Crippen LogP contribution in [0.1, 0.15) is 32.9 Å². The topological polar surface area (TPSA) is 44.1 Å². The second-order valence-corrected chi connectivity index (χ2v) is 6.17. The van der Waals surface area contributed by atoms with Gasteiger partial charge in [-0.1, -0.05) is 48.5 Å². The maximum Gasteiger partial charge on any atom is 0.284 e. The lowest BCUT2D eigenvalue weighted by Gasteiger charge is -2.09. The highest BCUT2D eigenvalue weighted by Gasteiger charge is 2.17. The summed E-state index contributed by atoms with van der Waals surface area (Å²) in [7, 11) is 0. The van der Waals surface area contributed by atoms with E-state index in [9.17, 15) is 4.79 Å². The highest BCUT2D eigenvalue weighted by Crippen LogP contribution is 2.19. The summed E-state index contributed by atoms with van der Waals surface area (Å²) in [4.78, 5) is 12.5. The molecule has 0 N–H and O–H groups in total. The number of aryl methyl sites for hydroxylation is 2. The average molecular weight is 334 g/mol. The van der Waals surface area contributed by atoms with E-state index in [-0.39, 0.29) is 12.5 Å². The highest BCUT2D eigenvalue weighted by molar-refractivity contribution is 5.80. The first kappa shape index (κ1) is 17.0. The smallest absolute Gasteiger partial charge is 0.284 e. The van der Waals surface area contributed by atoms with Crippen LogP contribution in [0.2, 0.25) is 0 Å². The zero-order valence-corrected chi connectivity index (χ0v) is 14.8. The maximum absolute atomic E-state index is 12.5. The first-order valence-electron chi connectivity index (χ1n) is 8.37. The van der Waals surface area contributed by atoms with Gasteiger partial charge >= 0.3 is 0 Å². The molecule has 0 amide bonds. The predicted molar refractivity (Wildman–Crippen MR) is 98.2 cm³/mol. The van der Waals surface area contributed by atoms with Crippen LogP contribution in [-0.4, -0.2) is 22.3 Å². The monoisotopic (exact) mass is 334 g/mol. The molecule has 0 spiro atoms. The van der Waals surface area contributed by atoms with Crippen molar-refractivity contribution in [3.63, 3.8) is 0 Å². The van der Waals surface area contributed by atoms with Crippen molar-refractivity contribution in [3.8, 4) is 5.75 Å². The Bertz CT molecular complexity index is 882. The largest absolute Gasteiger partial charge is 0.483 e. The van der Waals surface area contributed by atoms with Crippen LogP contribution in [0, 0.1) is 20.8 Å². The van der Waals surface area contributed by atoms with Crippen LogP contribution in [0.25, 0.3) is 0 Å². The fourth-order valence-corrected chi connectivity index (χ4v) is 2.89. The molecule has 4 heteroatoms. The molecule has 0 aliphatic rings. The van der Waals surface area contributed by atoms with Gasteiger partial charge in [-0.15, -0.1) is 0 Å². The van der Waals surface area contributed by atoms with Gasteiger partial charge in [0.05, 0.1) is 5.69 Å². The van der Waals surface area contributed by atoms with Gasteiger partial charge in [0.15, 0.2) is 6.61 Å². The van der Waals surface area contributed by atoms with Crippen molar-refractivity contribution in [1.82, 2.24) is 9.78 Å². The normalized spacial score (nSPS) is 10.7. The molecule has 0 unspecified atom stereocenters. The number of carbonyl (C=O) groups excluding carboxylic acids is 1. The van der Waals surface area contributed by atoms with E-state index in [1.165, 1.54) is 10.2 Å². The molecule has 128 valence electrons. The van der Waals surface area contributed by atoms with Gasteiger partial charge in [0.25, 0.3) is 5.91 Å². The number of para-hydroxylation sites is 1. The van der Waals surface area contributed by atoms with Crippen molar-refractivity contribution >= 4 is 5.91 Å². The lowest BCUT2D eigenvalue weighted by molar-refractivity contribution is 0.0817. The van der Waals surface area contributed by atoms with Crippen molar-refractivity contribution in [1.29, 1.82) is 0 Å². The van der Waals surface area contributed by atoms with E-state index in [2.05, 4.69) is 17.2 Å². The molecule has 0 aliphatic heterocycles. The first-order chi connectivity index (χ1) is 12.1. The minimum Gasteiger partial charge on any atom is -0.483 e. The van der Waals surface area contributed by atoms with Crippen LogP contribution < -0.4 is 4.74 Å². The zero-order valence-electron chi connectivity index (χ0n) is 14.8. The van der Waals surface area contributed by atoms with E-state index < -0.39 is 0 Å². The van der Waals surface area contributed by atoms with Gasteiger partial charge < -0.3 is 4.74 Å². The van der Waals surface area contributed by atoms with E-state index in [1.807, 2.05) is 63.2 Å². The lowest BCUT2D eigenvalue weighted by atomic mass is 10.0. The van der Waals surface area contributed by atoms with Crippen LogP contribution in [0.15, 0.2) is 54.6 Å². The second-order valence-electron chi connectivity index (χ2n) is 6.17. The van der Waals surface area contributed by atoms with Gasteiger partial charge in [0.1, 0.15) is 5.75 Å². The summed E-state index contributed by atoms with van der Waals surface area (Å²) in [6.45, 7) is 5.81. The van der Waals surface area contributed by atoms with Gasteiger partial charge in [0.2, 0.25) is 0 Å². The van der Waals surface area contributed by atoms with Gasteiger partial charge in [-0.05, 0) is 38.0 Å². The minimum atomic E-state index is -0.164.